The summed E-state index contributed by atoms with van der Waals surface area (Å²) in [5, 5.41) is 5.69. The summed E-state index contributed by atoms with van der Waals surface area (Å²) in [6, 6.07) is 0. The van der Waals surface area contributed by atoms with E-state index in [4.69, 9.17) is 4.74 Å². The molecule has 0 fully saturated rings. The number of H-pyrrole nitrogens is 1. The van der Waals surface area contributed by atoms with E-state index in [1.165, 1.54) is 0 Å². The average molecular weight is 303 g/mol. The molecular weight excluding hydrogens is 282 g/mol. The summed E-state index contributed by atoms with van der Waals surface area (Å²) in [6.07, 6.45) is 2.82. The SMILES string of the molecule is CCOC(=O)c1cn[nH]c1S(=O)(=O)NCCCC(C)C. The minimum absolute atomic E-state index is 0.0804. The first-order valence-electron chi connectivity index (χ1n) is 6.58. The van der Waals surface area contributed by atoms with Gasteiger partial charge in [0.25, 0.3) is 10.0 Å². The maximum Gasteiger partial charge on any atom is 0.342 e. The van der Waals surface area contributed by atoms with Gasteiger partial charge in [-0.1, -0.05) is 13.8 Å². The van der Waals surface area contributed by atoms with Gasteiger partial charge in [0.2, 0.25) is 0 Å². The number of rotatable bonds is 8. The highest BCUT2D eigenvalue weighted by Crippen LogP contribution is 2.13. The molecule has 0 aliphatic carbocycles. The molecule has 0 saturated heterocycles. The van der Waals surface area contributed by atoms with Crippen molar-refractivity contribution in [3.63, 3.8) is 0 Å². The van der Waals surface area contributed by atoms with Crippen molar-refractivity contribution in [2.75, 3.05) is 13.2 Å². The molecule has 0 saturated carbocycles. The van der Waals surface area contributed by atoms with Crippen LogP contribution >= 0.6 is 0 Å². The molecule has 0 aliphatic heterocycles. The summed E-state index contributed by atoms with van der Waals surface area (Å²) in [5.74, 6) is -0.189. The number of nitrogens with one attached hydrogen (secondary N) is 2. The van der Waals surface area contributed by atoms with E-state index in [0.29, 0.717) is 12.5 Å². The number of ether oxygens (including phenoxy) is 1. The Kier molecular flexibility index (Phi) is 6.15. The smallest absolute Gasteiger partial charge is 0.342 e. The highest BCUT2D eigenvalue weighted by molar-refractivity contribution is 7.89. The number of hydrogen-bond acceptors (Lipinski definition) is 5. The van der Waals surface area contributed by atoms with Gasteiger partial charge >= 0.3 is 5.97 Å². The average Bonchev–Trinajstić information content (AvgIpc) is 2.85. The molecule has 1 aromatic rings. The molecule has 114 valence electrons. The molecule has 0 radical (unpaired) electrons. The fourth-order valence-corrected chi connectivity index (χ4v) is 2.78. The lowest BCUT2D eigenvalue weighted by atomic mass is 10.1. The van der Waals surface area contributed by atoms with Gasteiger partial charge in [0.1, 0.15) is 5.56 Å². The molecule has 2 N–H and O–H groups in total. The van der Waals surface area contributed by atoms with Crippen LogP contribution in [0.5, 0.6) is 0 Å². The summed E-state index contributed by atoms with van der Waals surface area (Å²) in [7, 11) is -3.78. The first-order chi connectivity index (χ1) is 9.38. The van der Waals surface area contributed by atoms with Crippen molar-refractivity contribution in [2.45, 2.75) is 38.6 Å². The zero-order valence-corrected chi connectivity index (χ0v) is 12.8. The van der Waals surface area contributed by atoms with Crippen molar-refractivity contribution in [3.8, 4) is 0 Å². The Hall–Kier alpha value is -1.41. The van der Waals surface area contributed by atoms with E-state index < -0.39 is 16.0 Å². The van der Waals surface area contributed by atoms with E-state index in [0.717, 1.165) is 19.0 Å². The van der Waals surface area contributed by atoms with E-state index in [9.17, 15) is 13.2 Å². The molecule has 1 heterocycles. The Morgan fingerprint density at radius 3 is 2.80 bits per heavy atom. The molecule has 7 nitrogen and oxygen atoms in total. The first kappa shape index (κ1) is 16.6. The predicted molar refractivity (Wildman–Crippen MR) is 73.8 cm³/mol. The molecule has 0 aromatic carbocycles. The highest BCUT2D eigenvalue weighted by Gasteiger charge is 2.25. The lowest BCUT2D eigenvalue weighted by molar-refractivity contribution is 0.0522. The number of carbonyl (C=O) groups is 1. The van der Waals surface area contributed by atoms with Gasteiger partial charge < -0.3 is 4.74 Å². The summed E-state index contributed by atoms with van der Waals surface area (Å²) in [4.78, 5) is 11.6. The fraction of sp³-hybridized carbons (Fsp3) is 0.667. The van der Waals surface area contributed by atoms with Gasteiger partial charge in [0.05, 0.1) is 12.8 Å². The third-order valence-corrected chi connectivity index (χ3v) is 4.05. The Morgan fingerprint density at radius 1 is 1.50 bits per heavy atom. The van der Waals surface area contributed by atoms with Crippen LogP contribution in [0.25, 0.3) is 0 Å². The lowest BCUT2D eigenvalue weighted by Gasteiger charge is -2.08. The van der Waals surface area contributed by atoms with E-state index in [1.807, 2.05) is 0 Å². The third kappa shape index (κ3) is 4.61. The van der Waals surface area contributed by atoms with Crippen LogP contribution in [0.3, 0.4) is 0 Å². The standard InChI is InChI=1S/C12H21N3O4S/c1-4-19-12(16)10-8-13-15-11(10)20(17,18)14-7-5-6-9(2)3/h8-9,14H,4-7H2,1-3H3,(H,13,15). The lowest BCUT2D eigenvalue weighted by Crippen LogP contribution is -2.27. The summed E-state index contributed by atoms with van der Waals surface area (Å²) in [6.45, 7) is 6.29. The second-order valence-corrected chi connectivity index (χ2v) is 6.47. The molecule has 0 unspecified atom stereocenters. The molecule has 0 aliphatic rings. The van der Waals surface area contributed by atoms with Crippen molar-refractivity contribution in [2.24, 2.45) is 5.92 Å². The minimum atomic E-state index is -3.78. The topological polar surface area (TPSA) is 101 Å². The van der Waals surface area contributed by atoms with Crippen LogP contribution in [-0.4, -0.2) is 37.7 Å². The number of hydrogen-bond donors (Lipinski definition) is 2. The van der Waals surface area contributed by atoms with Crippen LogP contribution in [-0.2, 0) is 14.8 Å². The molecule has 0 spiro atoms. The number of nitrogens with zero attached hydrogens (tertiary/aromatic N) is 1. The molecule has 1 rings (SSSR count). The zero-order chi connectivity index (χ0) is 15.2. The number of carbonyl (C=O) groups excluding carboxylic acids is 1. The van der Waals surface area contributed by atoms with Gasteiger partial charge in [0.15, 0.2) is 5.03 Å². The molecule has 8 heteroatoms. The molecular formula is C12H21N3O4S. The summed E-state index contributed by atoms with van der Waals surface area (Å²) < 4.78 is 31.4. The Bertz CT molecular complexity index is 537. The Balaban J connectivity index is 2.73. The molecule has 1 aromatic heterocycles. The largest absolute Gasteiger partial charge is 0.462 e. The van der Waals surface area contributed by atoms with Gasteiger partial charge in [-0.15, -0.1) is 0 Å². The normalized spacial score (nSPS) is 11.8. The molecule has 0 atom stereocenters. The molecule has 0 bridgehead atoms. The van der Waals surface area contributed by atoms with Crippen molar-refractivity contribution in [1.29, 1.82) is 0 Å². The van der Waals surface area contributed by atoms with E-state index in [-0.39, 0.29) is 17.2 Å². The summed E-state index contributed by atoms with van der Waals surface area (Å²) in [5.41, 5.74) is -0.0804. The maximum absolute atomic E-state index is 12.1. The van der Waals surface area contributed by atoms with E-state index in [1.54, 1.807) is 6.92 Å². The molecule has 20 heavy (non-hydrogen) atoms. The quantitative estimate of drug-likeness (QED) is 0.557. The second-order valence-electron chi connectivity index (χ2n) is 4.77. The number of esters is 1. The van der Waals surface area contributed by atoms with Crippen LogP contribution in [0.15, 0.2) is 11.2 Å². The van der Waals surface area contributed by atoms with Gasteiger partial charge in [-0.2, -0.15) is 5.10 Å². The number of sulfonamides is 1. The first-order valence-corrected chi connectivity index (χ1v) is 8.07. The number of aromatic nitrogens is 2. The minimum Gasteiger partial charge on any atom is -0.462 e. The zero-order valence-electron chi connectivity index (χ0n) is 12.0. The van der Waals surface area contributed by atoms with E-state index >= 15 is 0 Å². The highest BCUT2D eigenvalue weighted by atomic mass is 32.2. The van der Waals surface area contributed by atoms with Crippen molar-refractivity contribution < 1.29 is 17.9 Å². The van der Waals surface area contributed by atoms with Crippen LogP contribution < -0.4 is 4.72 Å². The van der Waals surface area contributed by atoms with Gasteiger partial charge in [-0.3, -0.25) is 5.10 Å². The predicted octanol–water partition coefficient (Wildman–Crippen LogP) is 1.30. The van der Waals surface area contributed by atoms with Gasteiger partial charge in [-0.05, 0) is 25.7 Å². The third-order valence-electron chi connectivity index (χ3n) is 2.62. The van der Waals surface area contributed by atoms with Crippen molar-refractivity contribution in [3.05, 3.63) is 11.8 Å². The van der Waals surface area contributed by atoms with Crippen molar-refractivity contribution in [1.82, 2.24) is 14.9 Å². The van der Waals surface area contributed by atoms with Crippen LogP contribution in [0.2, 0.25) is 0 Å². The Labute approximate surface area is 119 Å². The van der Waals surface area contributed by atoms with Gasteiger partial charge in [-0.25, -0.2) is 17.9 Å². The number of aromatic amines is 1. The molecule has 0 amide bonds. The Morgan fingerprint density at radius 2 is 2.20 bits per heavy atom. The maximum atomic E-state index is 12.1. The van der Waals surface area contributed by atoms with E-state index in [2.05, 4.69) is 28.8 Å². The van der Waals surface area contributed by atoms with Crippen molar-refractivity contribution >= 4 is 16.0 Å². The van der Waals surface area contributed by atoms with Crippen LogP contribution in [0, 0.1) is 5.92 Å². The van der Waals surface area contributed by atoms with Gasteiger partial charge in [0, 0.05) is 6.54 Å². The summed E-state index contributed by atoms with van der Waals surface area (Å²) >= 11 is 0. The van der Waals surface area contributed by atoms with Crippen LogP contribution in [0.1, 0.15) is 44.0 Å². The monoisotopic (exact) mass is 303 g/mol. The fourth-order valence-electron chi connectivity index (χ4n) is 1.62. The van der Waals surface area contributed by atoms with Crippen LogP contribution in [0.4, 0.5) is 0 Å². The second kappa shape index (κ2) is 7.39.